The van der Waals surface area contributed by atoms with Crippen LogP contribution in [-0.4, -0.2) is 30.2 Å². The Labute approximate surface area is 142 Å². The quantitative estimate of drug-likeness (QED) is 0.781. The maximum absolute atomic E-state index is 12.3. The van der Waals surface area contributed by atoms with Gasteiger partial charge >= 0.3 is 6.03 Å². The first-order valence-electron chi connectivity index (χ1n) is 8.89. The molecule has 2 atom stereocenters. The van der Waals surface area contributed by atoms with E-state index in [-0.39, 0.29) is 6.03 Å². The Morgan fingerprint density at radius 3 is 2.26 bits per heavy atom. The summed E-state index contributed by atoms with van der Waals surface area (Å²) in [5, 5.41) is 6.79. The number of carbonyl (C=O) groups excluding carboxylic acids is 1. The summed E-state index contributed by atoms with van der Waals surface area (Å²) >= 11 is 5.87. The molecule has 124 valence electrons. The molecule has 1 saturated carbocycles. The Kier molecular flexibility index (Phi) is 4.20. The zero-order valence-corrected chi connectivity index (χ0v) is 14.1. The third-order valence-corrected chi connectivity index (χ3v) is 5.92. The van der Waals surface area contributed by atoms with E-state index >= 15 is 0 Å². The highest BCUT2D eigenvalue weighted by atomic mass is 35.5. The van der Waals surface area contributed by atoms with Gasteiger partial charge in [-0.15, -0.1) is 0 Å². The number of hydrogen-bond donors (Lipinski definition) is 3. The van der Waals surface area contributed by atoms with E-state index in [1.807, 2.05) is 17.0 Å². The molecule has 1 aliphatic carbocycles. The molecule has 3 N–H and O–H groups in total. The molecule has 0 radical (unpaired) electrons. The van der Waals surface area contributed by atoms with Gasteiger partial charge in [-0.2, -0.15) is 0 Å². The summed E-state index contributed by atoms with van der Waals surface area (Å²) in [6, 6.07) is 9.91. The first kappa shape index (κ1) is 15.3. The van der Waals surface area contributed by atoms with Gasteiger partial charge in [0.05, 0.1) is 18.1 Å². The molecule has 5 heteroatoms. The molecule has 0 aromatic heterocycles. The number of benzene rings is 1. The SMILES string of the molecule is O=C(Nc1ccc(Cl)cc1)NC1C[C@H]2CCC[C@H](C1)[NH+]2C1CC1. The molecule has 3 aliphatic rings. The fourth-order valence-electron chi connectivity index (χ4n) is 4.66. The molecule has 4 nitrogen and oxygen atoms in total. The second-order valence-electron chi connectivity index (χ2n) is 7.37. The first-order chi connectivity index (χ1) is 11.2. The Morgan fingerprint density at radius 2 is 1.65 bits per heavy atom. The van der Waals surface area contributed by atoms with Crippen LogP contribution in [0.4, 0.5) is 10.5 Å². The van der Waals surface area contributed by atoms with Crippen LogP contribution in [0.1, 0.15) is 44.9 Å². The normalized spacial score (nSPS) is 33.1. The summed E-state index contributed by atoms with van der Waals surface area (Å²) in [7, 11) is 0. The highest BCUT2D eigenvalue weighted by Gasteiger charge is 2.48. The third kappa shape index (κ3) is 3.48. The fraction of sp³-hybridized carbons (Fsp3) is 0.611. The Balaban J connectivity index is 1.34. The molecule has 2 heterocycles. The third-order valence-electron chi connectivity index (χ3n) is 5.67. The smallest absolute Gasteiger partial charge is 0.319 e. The molecule has 3 fully saturated rings. The van der Waals surface area contributed by atoms with Gasteiger partial charge in [-0.05, 0) is 43.5 Å². The number of urea groups is 1. The van der Waals surface area contributed by atoms with Crippen molar-refractivity contribution in [1.82, 2.24) is 5.32 Å². The molecule has 2 amide bonds. The summed E-state index contributed by atoms with van der Waals surface area (Å²) in [5.74, 6) is 0. The van der Waals surface area contributed by atoms with Crippen LogP contribution in [0.5, 0.6) is 0 Å². The molecule has 4 rings (SSSR count). The Morgan fingerprint density at radius 1 is 1.00 bits per heavy atom. The van der Waals surface area contributed by atoms with Gasteiger partial charge in [0.2, 0.25) is 0 Å². The molecule has 2 aliphatic heterocycles. The summed E-state index contributed by atoms with van der Waals surface area (Å²) in [6.45, 7) is 0. The van der Waals surface area contributed by atoms with Crippen molar-refractivity contribution in [2.24, 2.45) is 0 Å². The van der Waals surface area contributed by atoms with Crippen molar-refractivity contribution in [3.8, 4) is 0 Å². The second-order valence-corrected chi connectivity index (χ2v) is 7.81. The Bertz CT molecular complexity index is 558. The van der Waals surface area contributed by atoms with Crippen molar-refractivity contribution >= 4 is 23.3 Å². The number of anilines is 1. The van der Waals surface area contributed by atoms with E-state index in [4.69, 9.17) is 11.6 Å². The van der Waals surface area contributed by atoms with E-state index in [2.05, 4.69) is 10.6 Å². The molecular weight excluding hydrogens is 310 g/mol. The minimum absolute atomic E-state index is 0.0923. The van der Waals surface area contributed by atoms with E-state index in [1.54, 1.807) is 12.1 Å². The monoisotopic (exact) mass is 334 g/mol. The predicted octanol–water partition coefficient (Wildman–Crippen LogP) is 2.59. The number of nitrogens with one attached hydrogen (secondary N) is 3. The zero-order chi connectivity index (χ0) is 15.8. The highest BCUT2D eigenvalue weighted by molar-refractivity contribution is 6.30. The summed E-state index contributed by atoms with van der Waals surface area (Å²) in [4.78, 5) is 14.1. The van der Waals surface area contributed by atoms with Gasteiger partial charge < -0.3 is 15.5 Å². The Hall–Kier alpha value is -1.26. The van der Waals surface area contributed by atoms with Gasteiger partial charge in [-0.1, -0.05) is 11.6 Å². The van der Waals surface area contributed by atoms with E-state index in [0.717, 1.165) is 36.7 Å². The van der Waals surface area contributed by atoms with Crippen LogP contribution in [0.2, 0.25) is 5.02 Å². The number of quaternary nitrogens is 1. The fourth-order valence-corrected chi connectivity index (χ4v) is 4.78. The van der Waals surface area contributed by atoms with E-state index in [1.165, 1.54) is 32.1 Å². The van der Waals surface area contributed by atoms with Crippen LogP contribution in [0.15, 0.2) is 24.3 Å². The number of amides is 2. The molecule has 23 heavy (non-hydrogen) atoms. The summed E-state index contributed by atoms with van der Waals surface area (Å²) < 4.78 is 0. The van der Waals surface area contributed by atoms with Crippen molar-refractivity contribution < 1.29 is 9.69 Å². The van der Waals surface area contributed by atoms with Gasteiger partial charge in [-0.3, -0.25) is 0 Å². The molecule has 2 bridgehead atoms. The standard InChI is InChI=1S/C18H24ClN3O/c19-12-4-6-13(7-5-12)20-18(23)21-14-10-16-2-1-3-17(11-14)22(16)15-8-9-15/h4-7,14-17H,1-3,8-11H2,(H2,20,21,23)/p+1/t16-,17-/m1/s1. The van der Waals surface area contributed by atoms with E-state index < -0.39 is 0 Å². The minimum atomic E-state index is -0.0923. The number of carbonyl (C=O) groups is 1. The van der Waals surface area contributed by atoms with Gasteiger partial charge in [0, 0.05) is 42.4 Å². The molecule has 0 unspecified atom stereocenters. The molecule has 2 saturated heterocycles. The number of fused-ring (bicyclic) bond motifs is 2. The summed E-state index contributed by atoms with van der Waals surface area (Å²) in [6.07, 6.45) is 9.13. The van der Waals surface area contributed by atoms with E-state index in [0.29, 0.717) is 11.1 Å². The number of piperidine rings is 2. The predicted molar refractivity (Wildman–Crippen MR) is 92.0 cm³/mol. The van der Waals surface area contributed by atoms with Gasteiger partial charge in [0.15, 0.2) is 0 Å². The van der Waals surface area contributed by atoms with Crippen molar-refractivity contribution in [3.63, 3.8) is 0 Å². The average Bonchev–Trinajstić information content (AvgIpc) is 3.33. The minimum Gasteiger partial charge on any atom is -0.335 e. The lowest BCUT2D eigenvalue weighted by Gasteiger charge is -2.46. The van der Waals surface area contributed by atoms with E-state index in [9.17, 15) is 4.79 Å². The maximum atomic E-state index is 12.3. The molecular formula is C18H25ClN3O+. The number of halogens is 1. The lowest BCUT2D eigenvalue weighted by atomic mass is 9.81. The van der Waals surface area contributed by atoms with Crippen LogP contribution in [0, 0.1) is 0 Å². The molecule has 0 spiro atoms. The molecule has 1 aromatic carbocycles. The van der Waals surface area contributed by atoms with Gasteiger partial charge in [-0.25, -0.2) is 4.79 Å². The lowest BCUT2D eigenvalue weighted by molar-refractivity contribution is -0.971. The van der Waals surface area contributed by atoms with Crippen LogP contribution < -0.4 is 15.5 Å². The van der Waals surface area contributed by atoms with Crippen molar-refractivity contribution in [2.45, 2.75) is 69.1 Å². The number of hydrogen-bond acceptors (Lipinski definition) is 1. The largest absolute Gasteiger partial charge is 0.335 e. The van der Waals surface area contributed by atoms with Crippen LogP contribution >= 0.6 is 11.6 Å². The summed E-state index contributed by atoms with van der Waals surface area (Å²) in [5.41, 5.74) is 0.785. The van der Waals surface area contributed by atoms with Gasteiger partial charge in [0.25, 0.3) is 0 Å². The van der Waals surface area contributed by atoms with Crippen molar-refractivity contribution in [1.29, 1.82) is 0 Å². The van der Waals surface area contributed by atoms with Crippen LogP contribution in [0.25, 0.3) is 0 Å². The van der Waals surface area contributed by atoms with Crippen LogP contribution in [0.3, 0.4) is 0 Å². The highest BCUT2D eigenvalue weighted by Crippen LogP contribution is 2.27. The topological polar surface area (TPSA) is 45.6 Å². The molecule has 1 aromatic rings. The first-order valence-corrected chi connectivity index (χ1v) is 9.26. The average molecular weight is 335 g/mol. The van der Waals surface area contributed by atoms with Crippen LogP contribution in [-0.2, 0) is 0 Å². The van der Waals surface area contributed by atoms with Crippen molar-refractivity contribution in [3.05, 3.63) is 29.3 Å². The number of rotatable bonds is 3. The second kappa shape index (κ2) is 6.33. The lowest BCUT2D eigenvalue weighted by Crippen LogP contribution is -3.22. The van der Waals surface area contributed by atoms with Crippen molar-refractivity contribution in [2.75, 3.05) is 5.32 Å². The maximum Gasteiger partial charge on any atom is 0.319 e. The zero-order valence-electron chi connectivity index (χ0n) is 13.4. The van der Waals surface area contributed by atoms with Gasteiger partial charge in [0.1, 0.15) is 0 Å².